The minimum Gasteiger partial charge on any atom is -0.382 e. The Morgan fingerprint density at radius 1 is 1.03 bits per heavy atom. The second kappa shape index (κ2) is 9.52. The number of H-pyrrole nitrogens is 1. The first-order chi connectivity index (χ1) is 16.1. The van der Waals surface area contributed by atoms with E-state index in [1.807, 2.05) is 37.2 Å². The van der Waals surface area contributed by atoms with Crippen LogP contribution in [0, 0.1) is 11.8 Å². The summed E-state index contributed by atoms with van der Waals surface area (Å²) in [7, 11) is 3.95. The molecule has 0 aliphatic carbocycles. The largest absolute Gasteiger partial charge is 0.382 e. The van der Waals surface area contributed by atoms with Gasteiger partial charge in [-0.15, -0.1) is 11.8 Å². The van der Waals surface area contributed by atoms with Crippen LogP contribution in [-0.4, -0.2) is 39.2 Å². The number of benzene rings is 2. The molecule has 2 aromatic carbocycles. The molecule has 176 valence electrons. The molecule has 0 amide bonds. The molecule has 4 aromatic rings. The Kier molecular flexibility index (Phi) is 6.67. The van der Waals surface area contributed by atoms with Crippen molar-refractivity contribution in [1.82, 2.24) is 19.9 Å². The summed E-state index contributed by atoms with van der Waals surface area (Å²) < 4.78 is 29.3. The second-order valence-corrected chi connectivity index (χ2v) is 10.2. The molecule has 34 heavy (non-hydrogen) atoms. The van der Waals surface area contributed by atoms with Crippen LogP contribution in [0.5, 0.6) is 0 Å². The van der Waals surface area contributed by atoms with Gasteiger partial charge in [-0.2, -0.15) is 9.37 Å². The van der Waals surface area contributed by atoms with E-state index in [-0.39, 0.29) is 28.0 Å². The highest BCUT2D eigenvalue weighted by molar-refractivity contribution is 8.00. The van der Waals surface area contributed by atoms with Gasteiger partial charge >= 0.3 is 0 Å². The number of nitrogens with one attached hydrogen (secondary N) is 1. The highest BCUT2D eigenvalue weighted by Gasteiger charge is 2.18. The first kappa shape index (κ1) is 23.8. The lowest BCUT2D eigenvalue weighted by molar-refractivity contribution is 0.399. The molecule has 0 fully saturated rings. The van der Waals surface area contributed by atoms with E-state index in [0.717, 1.165) is 16.7 Å². The van der Waals surface area contributed by atoms with E-state index < -0.39 is 17.3 Å². The van der Waals surface area contributed by atoms with E-state index in [4.69, 9.17) is 5.73 Å². The van der Waals surface area contributed by atoms with E-state index >= 15 is 0 Å². The van der Waals surface area contributed by atoms with Crippen molar-refractivity contribution in [3.8, 4) is 22.5 Å². The van der Waals surface area contributed by atoms with Crippen LogP contribution in [0.1, 0.15) is 19.4 Å². The predicted molar refractivity (Wildman–Crippen MR) is 134 cm³/mol. The van der Waals surface area contributed by atoms with Crippen molar-refractivity contribution >= 4 is 28.4 Å². The molecule has 0 aliphatic rings. The Labute approximate surface area is 200 Å². The Hall–Kier alpha value is -3.30. The van der Waals surface area contributed by atoms with Gasteiger partial charge < -0.3 is 15.6 Å². The molecule has 0 bridgehead atoms. The Balaban J connectivity index is 1.85. The lowest BCUT2D eigenvalue weighted by Crippen LogP contribution is -2.12. The molecule has 0 spiro atoms. The monoisotopic (exact) mass is 481 g/mol. The molecule has 0 saturated heterocycles. The fourth-order valence-electron chi connectivity index (χ4n) is 3.75. The molecule has 3 N–H and O–H groups in total. The quantitative estimate of drug-likeness (QED) is 0.374. The summed E-state index contributed by atoms with van der Waals surface area (Å²) in [5.74, 6) is -1.49. The maximum Gasteiger partial charge on any atom is 0.256 e. The summed E-state index contributed by atoms with van der Waals surface area (Å²) >= 11 is 1.74. The van der Waals surface area contributed by atoms with Gasteiger partial charge in [0.05, 0.1) is 0 Å². The van der Waals surface area contributed by atoms with Crippen LogP contribution in [0.15, 0.2) is 52.3 Å². The molecule has 9 heteroatoms. The number of nitrogens with zero attached hydrogens (tertiary/aromatic N) is 3. The molecule has 4 rings (SSSR count). The van der Waals surface area contributed by atoms with Gasteiger partial charge in [-0.3, -0.25) is 4.79 Å². The van der Waals surface area contributed by atoms with Crippen LogP contribution in [0.25, 0.3) is 33.3 Å². The third-order valence-electron chi connectivity index (χ3n) is 5.19. The summed E-state index contributed by atoms with van der Waals surface area (Å²) in [5.41, 5.74) is 7.91. The van der Waals surface area contributed by atoms with E-state index in [2.05, 4.69) is 28.8 Å². The third kappa shape index (κ3) is 4.80. The van der Waals surface area contributed by atoms with Crippen molar-refractivity contribution in [3.63, 3.8) is 0 Å². The fraction of sp³-hybridized carbons (Fsp3) is 0.240. The maximum absolute atomic E-state index is 14.9. The molecular formula is C25H25F2N5OS. The average molecular weight is 482 g/mol. The van der Waals surface area contributed by atoms with Crippen LogP contribution >= 0.6 is 11.8 Å². The van der Waals surface area contributed by atoms with Crippen molar-refractivity contribution in [2.75, 3.05) is 19.8 Å². The number of hydrogen-bond donors (Lipinski definition) is 2. The number of anilines is 1. The minimum absolute atomic E-state index is 0.0526. The van der Waals surface area contributed by atoms with Crippen LogP contribution in [0.4, 0.5) is 14.6 Å². The molecule has 0 unspecified atom stereocenters. The van der Waals surface area contributed by atoms with Gasteiger partial charge in [0.25, 0.3) is 5.56 Å². The summed E-state index contributed by atoms with van der Waals surface area (Å²) in [6.07, 6.45) is 1.00. The normalized spacial score (nSPS) is 11.6. The van der Waals surface area contributed by atoms with E-state index in [9.17, 15) is 13.6 Å². The van der Waals surface area contributed by atoms with Gasteiger partial charge in [0.15, 0.2) is 5.82 Å². The third-order valence-corrected chi connectivity index (χ3v) is 6.31. The number of nitrogen functional groups attached to an aromatic ring is 1. The standard InChI is InChI=1S/C25H25F2N5OS/c1-13(2)34-20-8-6-14(9-16(20)12-32(3)4)21-23(27)31-24(28)22(30-21)15-5-7-17-18(10-15)19(26)11-29-25(17)33/h5-11,13H,12H2,1-4H3,(H2,28,31)(H,29,33). The topological polar surface area (TPSA) is 87.9 Å². The van der Waals surface area contributed by atoms with Crippen LogP contribution in [-0.2, 0) is 6.54 Å². The van der Waals surface area contributed by atoms with E-state index in [1.165, 1.54) is 12.1 Å². The number of rotatable bonds is 6. The zero-order valence-electron chi connectivity index (χ0n) is 19.3. The van der Waals surface area contributed by atoms with Crippen LogP contribution in [0.2, 0.25) is 0 Å². The first-order valence-corrected chi connectivity index (χ1v) is 11.6. The van der Waals surface area contributed by atoms with Gasteiger partial charge in [-0.05, 0) is 43.9 Å². The minimum atomic E-state index is -0.787. The molecule has 2 heterocycles. The number of fused-ring (bicyclic) bond motifs is 1. The summed E-state index contributed by atoms with van der Waals surface area (Å²) in [6.45, 7) is 4.92. The van der Waals surface area contributed by atoms with Gasteiger partial charge in [-0.1, -0.05) is 26.0 Å². The number of pyridine rings is 1. The Bertz CT molecular complexity index is 1440. The molecule has 0 atom stereocenters. The SMILES string of the molecule is CC(C)Sc1ccc(-c2nc(-c3ccc4c(=O)[nH]cc(F)c4c3)c(N)nc2F)cc1CN(C)C. The number of thioether (sulfide) groups is 1. The lowest BCUT2D eigenvalue weighted by atomic mass is 10.0. The number of aromatic amines is 1. The molecule has 6 nitrogen and oxygen atoms in total. The molecule has 0 saturated carbocycles. The number of hydrogen-bond acceptors (Lipinski definition) is 6. The van der Waals surface area contributed by atoms with Gasteiger partial charge in [-0.25, -0.2) is 9.37 Å². The zero-order chi connectivity index (χ0) is 24.6. The van der Waals surface area contributed by atoms with Crippen LogP contribution < -0.4 is 11.3 Å². The summed E-state index contributed by atoms with van der Waals surface area (Å²) in [5, 5.41) is 0.716. The number of halogens is 2. The highest BCUT2D eigenvalue weighted by atomic mass is 32.2. The van der Waals surface area contributed by atoms with Crippen molar-refractivity contribution in [1.29, 1.82) is 0 Å². The van der Waals surface area contributed by atoms with Gasteiger partial charge in [0.1, 0.15) is 17.2 Å². The Morgan fingerprint density at radius 2 is 1.74 bits per heavy atom. The lowest BCUT2D eigenvalue weighted by Gasteiger charge is -2.17. The molecular weight excluding hydrogens is 456 g/mol. The zero-order valence-corrected chi connectivity index (χ0v) is 20.1. The van der Waals surface area contributed by atoms with E-state index in [1.54, 1.807) is 17.8 Å². The number of nitrogens with two attached hydrogens (primary N) is 1. The van der Waals surface area contributed by atoms with Crippen molar-refractivity contribution in [3.05, 3.63) is 70.3 Å². The second-order valence-electron chi connectivity index (χ2n) is 8.55. The summed E-state index contributed by atoms with van der Waals surface area (Å²) in [6, 6.07) is 10.3. The predicted octanol–water partition coefficient (Wildman–Crippen LogP) is 5.07. The van der Waals surface area contributed by atoms with Crippen molar-refractivity contribution < 1.29 is 8.78 Å². The number of aromatic nitrogens is 3. The molecule has 0 radical (unpaired) electrons. The van der Waals surface area contributed by atoms with Crippen LogP contribution in [0.3, 0.4) is 0 Å². The van der Waals surface area contributed by atoms with E-state index in [0.29, 0.717) is 22.9 Å². The van der Waals surface area contributed by atoms with Gasteiger partial charge in [0, 0.05) is 44.8 Å². The molecule has 2 aromatic heterocycles. The molecule has 0 aliphatic heterocycles. The smallest absolute Gasteiger partial charge is 0.256 e. The van der Waals surface area contributed by atoms with Crippen molar-refractivity contribution in [2.45, 2.75) is 30.5 Å². The maximum atomic E-state index is 14.9. The Morgan fingerprint density at radius 3 is 2.44 bits per heavy atom. The summed E-state index contributed by atoms with van der Waals surface area (Å²) in [4.78, 5) is 25.9. The highest BCUT2D eigenvalue weighted by Crippen LogP contribution is 2.34. The average Bonchev–Trinajstić information content (AvgIpc) is 2.77. The van der Waals surface area contributed by atoms with Gasteiger partial charge in [0.2, 0.25) is 5.95 Å². The van der Waals surface area contributed by atoms with Crippen molar-refractivity contribution in [2.24, 2.45) is 0 Å². The fourth-order valence-corrected chi connectivity index (χ4v) is 4.68. The first-order valence-electron chi connectivity index (χ1n) is 10.7.